The van der Waals surface area contributed by atoms with Crippen LogP contribution in [-0.4, -0.2) is 37.4 Å². The zero-order valence-electron chi connectivity index (χ0n) is 11.7. The van der Waals surface area contributed by atoms with Gasteiger partial charge in [0.05, 0.1) is 12.7 Å². The third-order valence-corrected chi connectivity index (χ3v) is 3.80. The Morgan fingerprint density at radius 1 is 1.30 bits per heavy atom. The molecule has 1 heterocycles. The number of piperidine rings is 1. The van der Waals surface area contributed by atoms with Crippen molar-refractivity contribution < 1.29 is 9.53 Å². The van der Waals surface area contributed by atoms with Crippen LogP contribution >= 0.6 is 24.0 Å². The lowest BCUT2D eigenvalue weighted by Gasteiger charge is -2.26. The van der Waals surface area contributed by atoms with Crippen molar-refractivity contribution in [1.29, 1.82) is 0 Å². The minimum absolute atomic E-state index is 0. The van der Waals surface area contributed by atoms with Gasteiger partial charge in [0.15, 0.2) is 5.78 Å². The normalized spacial score (nSPS) is 15.5. The molecule has 1 aromatic carbocycles. The van der Waals surface area contributed by atoms with Gasteiger partial charge in [0, 0.05) is 18.0 Å². The smallest absolute Gasteiger partial charge is 0.167 e. The van der Waals surface area contributed by atoms with E-state index in [1.165, 1.54) is 19.3 Å². The summed E-state index contributed by atoms with van der Waals surface area (Å²) in [7, 11) is 1.56. The highest BCUT2D eigenvalue weighted by molar-refractivity contribution is 6.30. The van der Waals surface area contributed by atoms with E-state index in [0.29, 0.717) is 22.8 Å². The van der Waals surface area contributed by atoms with Gasteiger partial charge in [0.2, 0.25) is 0 Å². The Bertz CT molecular complexity index is 445. The number of likely N-dealkylation sites (tertiary alicyclic amines) is 1. The van der Waals surface area contributed by atoms with E-state index in [1.807, 2.05) is 0 Å². The van der Waals surface area contributed by atoms with Crippen molar-refractivity contribution in [3.63, 3.8) is 0 Å². The van der Waals surface area contributed by atoms with Crippen molar-refractivity contribution in [2.24, 2.45) is 0 Å². The molecule has 1 fully saturated rings. The Morgan fingerprint density at radius 2 is 2.00 bits per heavy atom. The van der Waals surface area contributed by atoms with Gasteiger partial charge in [-0.2, -0.15) is 0 Å². The Kier molecular flexibility index (Phi) is 7.35. The second kappa shape index (κ2) is 8.50. The SMILES string of the molecule is COc1cc(Cl)ccc1C(=O)CCN1CCCCC1.Cl. The van der Waals surface area contributed by atoms with Crippen LogP contribution in [0.1, 0.15) is 36.0 Å². The molecule has 1 aromatic rings. The molecule has 112 valence electrons. The number of benzene rings is 1. The van der Waals surface area contributed by atoms with E-state index in [4.69, 9.17) is 16.3 Å². The van der Waals surface area contributed by atoms with Gasteiger partial charge in [0.25, 0.3) is 0 Å². The number of ether oxygens (including phenoxy) is 1. The summed E-state index contributed by atoms with van der Waals surface area (Å²) in [4.78, 5) is 14.6. The van der Waals surface area contributed by atoms with E-state index in [9.17, 15) is 4.79 Å². The van der Waals surface area contributed by atoms with Crippen LogP contribution in [0.3, 0.4) is 0 Å². The lowest BCUT2D eigenvalue weighted by atomic mass is 10.1. The molecular formula is C15H21Cl2NO2. The van der Waals surface area contributed by atoms with Gasteiger partial charge in [-0.1, -0.05) is 18.0 Å². The van der Waals surface area contributed by atoms with Crippen molar-refractivity contribution in [1.82, 2.24) is 4.90 Å². The Morgan fingerprint density at radius 3 is 2.65 bits per heavy atom. The van der Waals surface area contributed by atoms with Gasteiger partial charge >= 0.3 is 0 Å². The maximum Gasteiger partial charge on any atom is 0.167 e. The first-order valence-electron chi connectivity index (χ1n) is 6.80. The van der Waals surface area contributed by atoms with Crippen LogP contribution in [0.4, 0.5) is 0 Å². The number of Topliss-reactive ketones (excluding diaryl/α,β-unsaturated/α-hetero) is 1. The number of carbonyl (C=O) groups is 1. The molecular weight excluding hydrogens is 297 g/mol. The van der Waals surface area contributed by atoms with Gasteiger partial charge < -0.3 is 9.64 Å². The third-order valence-electron chi connectivity index (χ3n) is 3.57. The Labute approximate surface area is 131 Å². The average molecular weight is 318 g/mol. The number of ketones is 1. The standard InChI is InChI=1S/C15H20ClNO2.ClH/c1-19-15-11-12(16)5-6-13(15)14(18)7-10-17-8-3-2-4-9-17;/h5-6,11H,2-4,7-10H2,1H3;1H. The largest absolute Gasteiger partial charge is 0.496 e. The topological polar surface area (TPSA) is 29.5 Å². The highest BCUT2D eigenvalue weighted by Crippen LogP contribution is 2.24. The second-order valence-electron chi connectivity index (χ2n) is 4.92. The fourth-order valence-corrected chi connectivity index (χ4v) is 2.63. The van der Waals surface area contributed by atoms with Crippen LogP contribution in [0.25, 0.3) is 0 Å². The van der Waals surface area contributed by atoms with Gasteiger partial charge in [-0.15, -0.1) is 12.4 Å². The highest BCUT2D eigenvalue weighted by Gasteiger charge is 2.15. The van der Waals surface area contributed by atoms with Crippen molar-refractivity contribution in [3.8, 4) is 5.75 Å². The maximum absolute atomic E-state index is 12.2. The van der Waals surface area contributed by atoms with E-state index in [0.717, 1.165) is 19.6 Å². The van der Waals surface area contributed by atoms with Gasteiger partial charge in [0.1, 0.15) is 5.75 Å². The number of carbonyl (C=O) groups excluding carboxylic acids is 1. The Balaban J connectivity index is 0.00000200. The molecule has 0 radical (unpaired) electrons. The minimum atomic E-state index is 0. The van der Waals surface area contributed by atoms with Crippen molar-refractivity contribution >= 4 is 29.8 Å². The summed E-state index contributed by atoms with van der Waals surface area (Å²) >= 11 is 5.90. The molecule has 1 aliphatic rings. The molecule has 0 amide bonds. The number of rotatable bonds is 5. The predicted molar refractivity (Wildman–Crippen MR) is 84.5 cm³/mol. The molecule has 0 aromatic heterocycles. The molecule has 0 N–H and O–H groups in total. The van der Waals surface area contributed by atoms with E-state index in [1.54, 1.807) is 25.3 Å². The van der Waals surface area contributed by atoms with Gasteiger partial charge in [-0.3, -0.25) is 4.79 Å². The summed E-state index contributed by atoms with van der Waals surface area (Å²) in [5.41, 5.74) is 0.629. The molecule has 3 nitrogen and oxygen atoms in total. The van der Waals surface area contributed by atoms with Crippen molar-refractivity contribution in [2.45, 2.75) is 25.7 Å². The summed E-state index contributed by atoms with van der Waals surface area (Å²) < 4.78 is 5.22. The third kappa shape index (κ3) is 4.65. The molecule has 0 spiro atoms. The lowest BCUT2D eigenvalue weighted by molar-refractivity contribution is 0.0956. The summed E-state index contributed by atoms with van der Waals surface area (Å²) in [5.74, 6) is 0.690. The molecule has 0 aliphatic carbocycles. The molecule has 0 unspecified atom stereocenters. The maximum atomic E-state index is 12.2. The number of halogens is 2. The summed E-state index contributed by atoms with van der Waals surface area (Å²) in [6.45, 7) is 3.07. The minimum Gasteiger partial charge on any atom is -0.496 e. The molecule has 0 bridgehead atoms. The van der Waals surface area contributed by atoms with Crippen LogP contribution in [0.5, 0.6) is 5.75 Å². The first-order valence-corrected chi connectivity index (χ1v) is 7.17. The molecule has 5 heteroatoms. The Hall–Kier alpha value is -0.770. The zero-order chi connectivity index (χ0) is 13.7. The van der Waals surface area contributed by atoms with Crippen LogP contribution in [-0.2, 0) is 0 Å². The second-order valence-corrected chi connectivity index (χ2v) is 5.36. The number of nitrogens with zero attached hydrogens (tertiary/aromatic N) is 1. The van der Waals surface area contributed by atoms with Gasteiger partial charge in [-0.25, -0.2) is 0 Å². The molecule has 1 saturated heterocycles. The zero-order valence-corrected chi connectivity index (χ0v) is 13.3. The fourth-order valence-electron chi connectivity index (χ4n) is 2.47. The lowest BCUT2D eigenvalue weighted by Crippen LogP contribution is -2.31. The van der Waals surface area contributed by atoms with Crippen LogP contribution in [0, 0.1) is 0 Å². The van der Waals surface area contributed by atoms with Crippen LogP contribution in [0.2, 0.25) is 5.02 Å². The highest BCUT2D eigenvalue weighted by atomic mass is 35.5. The monoisotopic (exact) mass is 317 g/mol. The molecule has 1 aliphatic heterocycles. The number of methoxy groups -OCH3 is 1. The molecule has 0 atom stereocenters. The van der Waals surface area contributed by atoms with Crippen LogP contribution < -0.4 is 4.74 Å². The molecule has 20 heavy (non-hydrogen) atoms. The molecule has 0 saturated carbocycles. The van der Waals surface area contributed by atoms with Gasteiger partial charge in [-0.05, 0) is 44.1 Å². The summed E-state index contributed by atoms with van der Waals surface area (Å²) in [6, 6.07) is 5.17. The first-order chi connectivity index (χ1) is 9.20. The quantitative estimate of drug-likeness (QED) is 0.773. The van der Waals surface area contributed by atoms with E-state index >= 15 is 0 Å². The fraction of sp³-hybridized carbons (Fsp3) is 0.533. The molecule has 2 rings (SSSR count). The van der Waals surface area contributed by atoms with Crippen molar-refractivity contribution in [2.75, 3.05) is 26.7 Å². The van der Waals surface area contributed by atoms with E-state index in [-0.39, 0.29) is 18.2 Å². The summed E-state index contributed by atoms with van der Waals surface area (Å²) in [6.07, 6.45) is 4.35. The van der Waals surface area contributed by atoms with E-state index in [2.05, 4.69) is 4.90 Å². The average Bonchev–Trinajstić information content (AvgIpc) is 2.45. The predicted octanol–water partition coefficient (Wildman–Crippen LogP) is 3.83. The van der Waals surface area contributed by atoms with E-state index < -0.39 is 0 Å². The van der Waals surface area contributed by atoms with Crippen molar-refractivity contribution in [3.05, 3.63) is 28.8 Å². The first kappa shape index (κ1) is 17.3. The number of hydrogen-bond acceptors (Lipinski definition) is 3. The van der Waals surface area contributed by atoms with Crippen LogP contribution in [0.15, 0.2) is 18.2 Å². The number of hydrogen-bond donors (Lipinski definition) is 0. The summed E-state index contributed by atoms with van der Waals surface area (Å²) in [5, 5.41) is 0.587.